The van der Waals surface area contributed by atoms with Gasteiger partial charge in [0.15, 0.2) is 11.6 Å². The van der Waals surface area contributed by atoms with Crippen LogP contribution < -0.4 is 9.64 Å². The van der Waals surface area contributed by atoms with Crippen LogP contribution in [-0.2, 0) is 10.8 Å². The lowest BCUT2D eigenvalue weighted by Gasteiger charge is -2.44. The van der Waals surface area contributed by atoms with Gasteiger partial charge in [-0.1, -0.05) is 184 Å². The number of rotatable bonds is 4. The first-order chi connectivity index (χ1) is 29.5. The summed E-state index contributed by atoms with van der Waals surface area (Å²) >= 11 is 0. The van der Waals surface area contributed by atoms with Gasteiger partial charge < -0.3 is 9.64 Å². The number of hydrogen-bond acceptors (Lipinski definition) is 4. The molecule has 1 spiro atoms. The van der Waals surface area contributed by atoms with E-state index in [1.54, 1.807) is 0 Å². The number of aromatic nitrogens is 2. The fraction of sp³-hybridized carbons (Fsp3) is 0.0714. The Kier molecular flexibility index (Phi) is 7.45. The maximum atomic E-state index is 7.62. The summed E-state index contributed by atoms with van der Waals surface area (Å²) in [5, 5.41) is 0. The van der Waals surface area contributed by atoms with E-state index >= 15 is 0 Å². The Morgan fingerprint density at radius 1 is 0.383 bits per heavy atom. The molecule has 284 valence electrons. The molecule has 0 bridgehead atoms. The first-order valence-electron chi connectivity index (χ1n) is 20.7. The molecule has 2 aliphatic heterocycles. The van der Waals surface area contributed by atoms with Crippen LogP contribution in [0.5, 0.6) is 11.5 Å². The normalized spacial score (nSPS) is 14.5. The largest absolute Gasteiger partial charge is 0.454 e. The first kappa shape index (κ1) is 34.5. The maximum Gasteiger partial charge on any atom is 0.164 e. The smallest absolute Gasteiger partial charge is 0.164 e. The monoisotopic (exact) mass is 769 g/mol. The molecule has 4 nitrogen and oxygen atoms in total. The van der Waals surface area contributed by atoms with Crippen LogP contribution in [-0.4, -0.2) is 9.97 Å². The van der Waals surface area contributed by atoms with Crippen molar-refractivity contribution < 1.29 is 4.74 Å². The molecule has 60 heavy (non-hydrogen) atoms. The number of hydrogen-bond donors (Lipinski definition) is 0. The van der Waals surface area contributed by atoms with E-state index in [-0.39, 0.29) is 5.41 Å². The third-order valence-electron chi connectivity index (χ3n) is 13.0. The number of benzene rings is 8. The van der Waals surface area contributed by atoms with Crippen LogP contribution in [0.15, 0.2) is 200 Å². The molecule has 0 atom stereocenters. The Morgan fingerprint density at radius 2 is 0.800 bits per heavy atom. The molecular weight excluding hydrogens is 731 g/mol. The molecule has 0 amide bonds. The molecule has 0 N–H and O–H groups in total. The van der Waals surface area contributed by atoms with Crippen molar-refractivity contribution in [1.29, 1.82) is 0 Å². The number of para-hydroxylation sites is 4. The first-order valence-corrected chi connectivity index (χ1v) is 20.7. The van der Waals surface area contributed by atoms with E-state index < -0.39 is 5.41 Å². The third-order valence-corrected chi connectivity index (χ3v) is 13.0. The van der Waals surface area contributed by atoms with Crippen molar-refractivity contribution in [3.05, 3.63) is 234 Å². The van der Waals surface area contributed by atoms with Gasteiger partial charge >= 0.3 is 0 Å². The Hall–Kier alpha value is -7.56. The minimum absolute atomic E-state index is 0.207. The van der Waals surface area contributed by atoms with Crippen LogP contribution >= 0.6 is 0 Å². The highest BCUT2D eigenvalue weighted by molar-refractivity contribution is 5.94. The average molecular weight is 770 g/mol. The summed E-state index contributed by atoms with van der Waals surface area (Å²) in [4.78, 5) is 13.1. The summed E-state index contributed by atoms with van der Waals surface area (Å²) in [6.07, 6.45) is 0. The fourth-order valence-corrected chi connectivity index (χ4v) is 10.3. The zero-order valence-corrected chi connectivity index (χ0v) is 33.3. The van der Waals surface area contributed by atoms with Crippen molar-refractivity contribution in [2.45, 2.75) is 24.7 Å². The molecule has 8 aromatic carbocycles. The number of anilines is 3. The highest BCUT2D eigenvalue weighted by Gasteiger charge is 2.52. The zero-order chi connectivity index (χ0) is 40.0. The van der Waals surface area contributed by atoms with E-state index in [2.05, 4.69) is 207 Å². The Balaban J connectivity index is 1.18. The van der Waals surface area contributed by atoms with E-state index in [0.29, 0.717) is 5.82 Å². The van der Waals surface area contributed by atoms with Gasteiger partial charge in [0.1, 0.15) is 5.75 Å². The van der Waals surface area contributed by atoms with Gasteiger partial charge in [-0.05, 0) is 63.7 Å². The van der Waals surface area contributed by atoms with E-state index in [1.807, 2.05) is 12.1 Å². The van der Waals surface area contributed by atoms with Crippen molar-refractivity contribution in [3.8, 4) is 56.5 Å². The number of ether oxygens (including phenoxy) is 1. The second kappa shape index (κ2) is 13.0. The Morgan fingerprint density at radius 3 is 1.37 bits per heavy atom. The summed E-state index contributed by atoms with van der Waals surface area (Å²) in [6, 6.07) is 71.5. The lowest BCUT2D eigenvalue weighted by Crippen LogP contribution is -2.34. The Bertz CT molecular complexity index is 3020. The van der Waals surface area contributed by atoms with Crippen molar-refractivity contribution in [3.63, 3.8) is 0 Å². The molecule has 3 heterocycles. The van der Waals surface area contributed by atoms with E-state index in [9.17, 15) is 0 Å². The number of nitrogens with zero attached hydrogens (tertiary/aromatic N) is 3. The van der Waals surface area contributed by atoms with Crippen molar-refractivity contribution in [2.75, 3.05) is 4.90 Å². The summed E-state index contributed by atoms with van der Waals surface area (Å²) in [7, 11) is 0. The topological polar surface area (TPSA) is 38.2 Å². The summed E-state index contributed by atoms with van der Waals surface area (Å²) < 4.78 is 7.62. The van der Waals surface area contributed by atoms with Gasteiger partial charge in [0.2, 0.25) is 0 Å². The molecule has 0 saturated heterocycles. The summed E-state index contributed by atoms with van der Waals surface area (Å²) in [5.74, 6) is 2.18. The molecule has 0 fully saturated rings. The second-order valence-electron chi connectivity index (χ2n) is 16.5. The van der Waals surface area contributed by atoms with Gasteiger partial charge in [0.25, 0.3) is 0 Å². The second-order valence-corrected chi connectivity index (χ2v) is 16.5. The van der Waals surface area contributed by atoms with Gasteiger partial charge in [-0.2, -0.15) is 0 Å². The lowest BCUT2D eigenvalue weighted by atomic mass is 9.65. The van der Waals surface area contributed by atoms with Crippen LogP contribution in [0.3, 0.4) is 0 Å². The predicted octanol–water partition coefficient (Wildman–Crippen LogP) is 14.1. The van der Waals surface area contributed by atoms with Gasteiger partial charge in [0, 0.05) is 27.7 Å². The van der Waals surface area contributed by atoms with Crippen molar-refractivity contribution in [1.82, 2.24) is 9.97 Å². The predicted molar refractivity (Wildman–Crippen MR) is 243 cm³/mol. The highest BCUT2D eigenvalue weighted by atomic mass is 16.5. The van der Waals surface area contributed by atoms with Gasteiger partial charge in [-0.3, -0.25) is 0 Å². The highest BCUT2D eigenvalue weighted by Crippen LogP contribution is 2.65. The SMILES string of the molecule is CC1(C)c2ccccc2N(c2cccc3c2Oc2c(-c4nc(-c5ccccc5)cc(-c5ccccc5)n4)cccc2C32c3ccccc3-c3ccccc32)c2ccccc21. The third kappa shape index (κ3) is 4.79. The molecule has 1 aliphatic carbocycles. The number of fused-ring (bicyclic) bond motifs is 11. The van der Waals surface area contributed by atoms with Gasteiger partial charge in [-0.15, -0.1) is 0 Å². The van der Waals surface area contributed by atoms with Crippen LogP contribution in [0.1, 0.15) is 47.2 Å². The Labute approximate surface area is 350 Å². The van der Waals surface area contributed by atoms with E-state index in [0.717, 1.165) is 67.8 Å². The molecule has 9 aromatic rings. The van der Waals surface area contributed by atoms with Gasteiger partial charge in [0.05, 0.1) is 39.4 Å². The minimum atomic E-state index is -0.699. The van der Waals surface area contributed by atoms with Crippen LogP contribution in [0.2, 0.25) is 0 Å². The molecule has 0 saturated carbocycles. The molecule has 3 aliphatic rings. The summed E-state index contributed by atoms with van der Waals surface area (Å²) in [5.41, 5.74) is 16.6. The zero-order valence-electron chi connectivity index (χ0n) is 33.3. The molecule has 0 radical (unpaired) electrons. The van der Waals surface area contributed by atoms with E-state index in [4.69, 9.17) is 14.7 Å². The van der Waals surface area contributed by atoms with Crippen molar-refractivity contribution >= 4 is 17.1 Å². The minimum Gasteiger partial charge on any atom is -0.454 e. The molecular formula is C56H39N3O. The molecule has 1 aromatic heterocycles. The van der Waals surface area contributed by atoms with Gasteiger partial charge in [-0.25, -0.2) is 9.97 Å². The lowest BCUT2D eigenvalue weighted by molar-refractivity contribution is 0.438. The molecule has 12 rings (SSSR count). The van der Waals surface area contributed by atoms with Crippen LogP contribution in [0.4, 0.5) is 17.1 Å². The fourth-order valence-electron chi connectivity index (χ4n) is 10.3. The molecule has 0 unspecified atom stereocenters. The molecule has 4 heteroatoms. The quantitative estimate of drug-likeness (QED) is 0.179. The standard InChI is InChI=1S/C56H39N3O/c1-55(2)43-28-13-15-32-49(43)59(50-33-16-14-29-44(50)55)51-34-18-31-46-53(51)60-52-40(54-57-47(36-19-5-3-6-20-36)35-48(58-54)37-21-7-4-8-22-37)25-17-30-45(52)56(46)41-26-11-9-23-38(41)39-24-10-12-27-42(39)56/h3-35H,1-2H3. The van der Waals surface area contributed by atoms with Crippen molar-refractivity contribution in [2.24, 2.45) is 0 Å². The average Bonchev–Trinajstić information content (AvgIpc) is 3.60. The van der Waals surface area contributed by atoms with Crippen LogP contribution in [0.25, 0.3) is 45.0 Å². The van der Waals surface area contributed by atoms with Crippen LogP contribution in [0, 0.1) is 0 Å². The summed E-state index contributed by atoms with van der Waals surface area (Å²) in [6.45, 7) is 4.66. The van der Waals surface area contributed by atoms with E-state index in [1.165, 1.54) is 33.4 Å². The maximum absolute atomic E-state index is 7.62.